The predicted molar refractivity (Wildman–Crippen MR) is 53.6 cm³/mol. The van der Waals surface area contributed by atoms with Crippen LogP contribution in [0.25, 0.3) is 0 Å². The zero-order chi connectivity index (χ0) is 9.84. The van der Waals surface area contributed by atoms with E-state index >= 15 is 0 Å². The van der Waals surface area contributed by atoms with Crippen LogP contribution in [0.3, 0.4) is 0 Å². The van der Waals surface area contributed by atoms with E-state index in [1.807, 2.05) is 18.2 Å². The number of Topliss-reactive ketones (excluding diaryl/α,β-unsaturated/α-hetero) is 1. The van der Waals surface area contributed by atoms with E-state index < -0.39 is 6.04 Å². The molecule has 0 aromatic heterocycles. The Morgan fingerprint density at radius 1 is 1.38 bits per heavy atom. The van der Waals surface area contributed by atoms with Gasteiger partial charge in [0, 0.05) is 5.56 Å². The van der Waals surface area contributed by atoms with Gasteiger partial charge in [0.2, 0.25) is 0 Å². The molecule has 2 heteroatoms. The zero-order valence-electron chi connectivity index (χ0n) is 7.66. The third-order valence-corrected chi connectivity index (χ3v) is 1.87. The Bertz CT molecular complexity index is 316. The summed E-state index contributed by atoms with van der Waals surface area (Å²) in [6.07, 6.45) is 0. The number of carbonyl (C=O) groups excluding carboxylic acids is 1. The first-order valence-electron chi connectivity index (χ1n) is 4.13. The van der Waals surface area contributed by atoms with Crippen LogP contribution in [-0.2, 0) is 0 Å². The second-order valence-electron chi connectivity index (χ2n) is 3.05. The van der Waals surface area contributed by atoms with Crippen LogP contribution in [0, 0.1) is 0 Å². The first kappa shape index (κ1) is 9.68. The lowest BCUT2D eigenvalue weighted by Gasteiger charge is -2.09. The summed E-state index contributed by atoms with van der Waals surface area (Å²) in [5, 5.41) is 0. The summed E-state index contributed by atoms with van der Waals surface area (Å²) >= 11 is 0. The first-order chi connectivity index (χ1) is 6.13. The van der Waals surface area contributed by atoms with Crippen LogP contribution in [0.5, 0.6) is 0 Å². The fourth-order valence-electron chi connectivity index (χ4n) is 1.01. The van der Waals surface area contributed by atoms with Crippen LogP contribution in [0.1, 0.15) is 17.3 Å². The Balaban J connectivity index is 2.86. The third-order valence-electron chi connectivity index (χ3n) is 1.87. The smallest absolute Gasteiger partial charge is 0.183 e. The first-order valence-corrected chi connectivity index (χ1v) is 4.13. The summed E-state index contributed by atoms with van der Waals surface area (Å²) < 4.78 is 0. The molecule has 0 aliphatic carbocycles. The van der Waals surface area contributed by atoms with Gasteiger partial charge in [-0.3, -0.25) is 4.79 Å². The van der Waals surface area contributed by atoms with Crippen molar-refractivity contribution in [1.82, 2.24) is 0 Å². The van der Waals surface area contributed by atoms with E-state index in [1.54, 1.807) is 19.1 Å². The summed E-state index contributed by atoms with van der Waals surface area (Å²) in [4.78, 5) is 11.6. The highest BCUT2D eigenvalue weighted by molar-refractivity contribution is 6.01. The topological polar surface area (TPSA) is 43.1 Å². The van der Waals surface area contributed by atoms with Gasteiger partial charge in [0.15, 0.2) is 5.78 Å². The highest BCUT2D eigenvalue weighted by atomic mass is 16.1. The van der Waals surface area contributed by atoms with Gasteiger partial charge in [-0.1, -0.05) is 42.5 Å². The molecule has 1 aromatic carbocycles. The fraction of sp³-hybridized carbons (Fsp3) is 0.182. The standard InChI is InChI=1S/C11H13NO/c1-8(2)10(12)11(13)9-6-4-3-5-7-9/h3-7,10H,1,12H2,2H3. The SMILES string of the molecule is C=C(C)C(N)C(=O)c1ccccc1. The van der Waals surface area contributed by atoms with Gasteiger partial charge in [-0.15, -0.1) is 0 Å². The summed E-state index contributed by atoms with van der Waals surface area (Å²) in [6.45, 7) is 5.41. The van der Waals surface area contributed by atoms with Crippen LogP contribution in [0.2, 0.25) is 0 Å². The number of hydrogen-bond donors (Lipinski definition) is 1. The maximum Gasteiger partial charge on any atom is 0.183 e. The summed E-state index contributed by atoms with van der Waals surface area (Å²) in [5.74, 6) is -0.0758. The molecule has 2 nitrogen and oxygen atoms in total. The molecule has 0 saturated heterocycles. The minimum atomic E-state index is -0.581. The molecular weight excluding hydrogens is 162 g/mol. The molecule has 0 fully saturated rings. The summed E-state index contributed by atoms with van der Waals surface area (Å²) in [6, 6.07) is 8.43. The van der Waals surface area contributed by atoms with Gasteiger partial charge < -0.3 is 5.73 Å². The maximum atomic E-state index is 11.6. The number of benzene rings is 1. The lowest BCUT2D eigenvalue weighted by Crippen LogP contribution is -2.31. The quantitative estimate of drug-likeness (QED) is 0.562. The van der Waals surface area contributed by atoms with Crippen molar-refractivity contribution < 1.29 is 4.79 Å². The van der Waals surface area contributed by atoms with E-state index in [-0.39, 0.29) is 5.78 Å². The van der Waals surface area contributed by atoms with Crippen molar-refractivity contribution >= 4 is 5.78 Å². The molecule has 0 heterocycles. The highest BCUT2D eigenvalue weighted by Crippen LogP contribution is 2.06. The number of rotatable bonds is 3. The summed E-state index contributed by atoms with van der Waals surface area (Å²) in [7, 11) is 0. The average molecular weight is 175 g/mol. The Hall–Kier alpha value is -1.41. The minimum Gasteiger partial charge on any atom is -0.318 e. The molecule has 2 N–H and O–H groups in total. The van der Waals surface area contributed by atoms with Crippen molar-refractivity contribution in [3.63, 3.8) is 0 Å². The fourth-order valence-corrected chi connectivity index (χ4v) is 1.01. The zero-order valence-corrected chi connectivity index (χ0v) is 7.66. The highest BCUT2D eigenvalue weighted by Gasteiger charge is 2.14. The Labute approximate surface area is 78.1 Å². The molecule has 0 amide bonds. The average Bonchev–Trinajstić information content (AvgIpc) is 2.17. The Morgan fingerprint density at radius 2 is 1.92 bits per heavy atom. The minimum absolute atomic E-state index is 0.0758. The lowest BCUT2D eigenvalue weighted by atomic mass is 10.0. The van der Waals surface area contributed by atoms with Gasteiger partial charge >= 0.3 is 0 Å². The summed E-state index contributed by atoms with van der Waals surface area (Å²) in [5.41, 5.74) is 6.97. The molecule has 0 saturated carbocycles. The molecule has 13 heavy (non-hydrogen) atoms. The van der Waals surface area contributed by atoms with Crippen LogP contribution >= 0.6 is 0 Å². The number of nitrogens with two attached hydrogens (primary N) is 1. The van der Waals surface area contributed by atoms with Crippen molar-refractivity contribution in [3.05, 3.63) is 48.0 Å². The third kappa shape index (κ3) is 2.26. The normalized spacial score (nSPS) is 12.2. The molecule has 68 valence electrons. The molecule has 0 aliphatic rings. The van der Waals surface area contributed by atoms with E-state index in [9.17, 15) is 4.79 Å². The molecule has 0 spiro atoms. The second-order valence-corrected chi connectivity index (χ2v) is 3.05. The monoisotopic (exact) mass is 175 g/mol. The molecule has 1 rings (SSSR count). The van der Waals surface area contributed by atoms with Crippen LogP contribution in [-0.4, -0.2) is 11.8 Å². The van der Waals surface area contributed by atoms with E-state index in [1.165, 1.54) is 0 Å². The Morgan fingerprint density at radius 3 is 2.38 bits per heavy atom. The molecule has 1 aromatic rings. The molecular formula is C11H13NO. The van der Waals surface area contributed by atoms with E-state index in [0.29, 0.717) is 11.1 Å². The molecule has 1 atom stereocenters. The molecule has 0 aliphatic heterocycles. The van der Waals surface area contributed by atoms with Crippen molar-refractivity contribution in [1.29, 1.82) is 0 Å². The van der Waals surface area contributed by atoms with Gasteiger partial charge in [-0.25, -0.2) is 0 Å². The van der Waals surface area contributed by atoms with E-state index in [4.69, 9.17) is 5.73 Å². The Kier molecular flexibility index (Phi) is 2.98. The van der Waals surface area contributed by atoms with Gasteiger partial charge in [0.05, 0.1) is 6.04 Å². The molecule has 0 bridgehead atoms. The number of carbonyl (C=O) groups is 1. The van der Waals surface area contributed by atoms with Crippen molar-refractivity contribution in [2.45, 2.75) is 13.0 Å². The van der Waals surface area contributed by atoms with Gasteiger partial charge in [0.25, 0.3) is 0 Å². The number of ketones is 1. The molecule has 1 unspecified atom stereocenters. The van der Waals surface area contributed by atoms with E-state index in [0.717, 1.165) is 0 Å². The molecule has 0 radical (unpaired) electrons. The van der Waals surface area contributed by atoms with Crippen molar-refractivity contribution in [2.24, 2.45) is 5.73 Å². The predicted octanol–water partition coefficient (Wildman–Crippen LogP) is 1.77. The van der Waals surface area contributed by atoms with Crippen LogP contribution < -0.4 is 5.73 Å². The number of hydrogen-bond acceptors (Lipinski definition) is 2. The second kappa shape index (κ2) is 4.01. The van der Waals surface area contributed by atoms with Gasteiger partial charge in [0.1, 0.15) is 0 Å². The van der Waals surface area contributed by atoms with Crippen LogP contribution in [0.4, 0.5) is 0 Å². The van der Waals surface area contributed by atoms with Gasteiger partial charge in [-0.2, -0.15) is 0 Å². The van der Waals surface area contributed by atoms with Crippen molar-refractivity contribution in [2.75, 3.05) is 0 Å². The van der Waals surface area contributed by atoms with E-state index in [2.05, 4.69) is 6.58 Å². The lowest BCUT2D eigenvalue weighted by molar-refractivity contribution is 0.0974. The van der Waals surface area contributed by atoms with Crippen molar-refractivity contribution in [3.8, 4) is 0 Å². The maximum absolute atomic E-state index is 11.6. The van der Waals surface area contributed by atoms with Crippen LogP contribution in [0.15, 0.2) is 42.5 Å². The largest absolute Gasteiger partial charge is 0.318 e. The van der Waals surface area contributed by atoms with Gasteiger partial charge in [-0.05, 0) is 6.92 Å².